The van der Waals surface area contributed by atoms with E-state index in [1.165, 1.54) is 30.6 Å². The number of carbonyl (C=O) groups is 1. The third kappa shape index (κ3) is 2.50. The number of ether oxygens (including phenoxy) is 1. The van der Waals surface area contributed by atoms with Crippen LogP contribution in [0.1, 0.15) is 5.01 Å². The number of thiazole rings is 1. The van der Waals surface area contributed by atoms with E-state index in [0.29, 0.717) is 22.0 Å². The molecule has 17 heavy (non-hydrogen) atoms. The van der Waals surface area contributed by atoms with Crippen LogP contribution in [0.25, 0.3) is 11.3 Å². The minimum absolute atomic E-state index is 0.280. The first-order valence-corrected chi connectivity index (χ1v) is 5.84. The van der Waals surface area contributed by atoms with Gasteiger partial charge in [-0.15, -0.1) is 11.3 Å². The molecule has 0 aliphatic carbocycles. The molecule has 0 unspecified atom stereocenters. The number of carbonyl (C=O) groups excluding carboxylic acids is 1. The molecule has 0 saturated heterocycles. The summed E-state index contributed by atoms with van der Waals surface area (Å²) >= 11 is 1.37. The molecule has 0 atom stereocenters. The summed E-state index contributed by atoms with van der Waals surface area (Å²) in [6.07, 6.45) is 1.08. The Kier molecular flexibility index (Phi) is 3.49. The number of halogens is 1. The first-order valence-electron chi connectivity index (χ1n) is 4.96. The smallest absolute Gasteiger partial charge is 0.128 e. The van der Waals surface area contributed by atoms with Gasteiger partial charge in [0.25, 0.3) is 0 Å². The predicted octanol–water partition coefficient (Wildman–Crippen LogP) is 2.70. The monoisotopic (exact) mass is 251 g/mol. The molecule has 0 bridgehead atoms. The Morgan fingerprint density at radius 1 is 1.53 bits per heavy atom. The molecule has 0 fully saturated rings. The number of nitrogens with zero attached hydrogens (tertiary/aromatic N) is 1. The molecule has 88 valence electrons. The van der Waals surface area contributed by atoms with Crippen molar-refractivity contribution in [2.24, 2.45) is 0 Å². The van der Waals surface area contributed by atoms with Crippen molar-refractivity contribution < 1.29 is 13.9 Å². The maximum absolute atomic E-state index is 13.2. The summed E-state index contributed by atoms with van der Waals surface area (Å²) in [5, 5.41) is 2.50. The van der Waals surface area contributed by atoms with Gasteiger partial charge in [-0.1, -0.05) is 0 Å². The zero-order chi connectivity index (χ0) is 12.3. The number of aromatic nitrogens is 1. The van der Waals surface area contributed by atoms with Crippen molar-refractivity contribution in [2.75, 3.05) is 7.11 Å². The Bertz CT molecular complexity index is 539. The van der Waals surface area contributed by atoms with Crippen LogP contribution in [0.2, 0.25) is 0 Å². The van der Waals surface area contributed by atoms with E-state index < -0.39 is 0 Å². The van der Waals surface area contributed by atoms with Gasteiger partial charge in [-0.25, -0.2) is 9.37 Å². The number of hydrogen-bond acceptors (Lipinski definition) is 4. The third-order valence-corrected chi connectivity index (χ3v) is 3.12. The topological polar surface area (TPSA) is 39.2 Å². The van der Waals surface area contributed by atoms with E-state index in [-0.39, 0.29) is 12.2 Å². The van der Waals surface area contributed by atoms with E-state index in [9.17, 15) is 9.18 Å². The molecule has 1 aromatic carbocycles. The number of aldehydes is 1. The first kappa shape index (κ1) is 11.7. The van der Waals surface area contributed by atoms with E-state index in [0.717, 1.165) is 6.29 Å². The molecule has 0 amide bonds. The molecular formula is C12H10FNO2S. The zero-order valence-corrected chi connectivity index (χ0v) is 9.96. The van der Waals surface area contributed by atoms with Crippen molar-refractivity contribution in [1.29, 1.82) is 0 Å². The molecule has 0 saturated carbocycles. The average molecular weight is 251 g/mol. The van der Waals surface area contributed by atoms with Crippen LogP contribution >= 0.6 is 11.3 Å². The van der Waals surface area contributed by atoms with E-state index in [1.807, 2.05) is 0 Å². The summed E-state index contributed by atoms with van der Waals surface area (Å²) in [6.45, 7) is 0. The van der Waals surface area contributed by atoms with Crippen LogP contribution in [-0.4, -0.2) is 18.4 Å². The van der Waals surface area contributed by atoms with Crippen molar-refractivity contribution in [3.63, 3.8) is 0 Å². The highest BCUT2D eigenvalue weighted by Crippen LogP contribution is 2.31. The Morgan fingerprint density at radius 3 is 3.06 bits per heavy atom. The number of hydrogen-bond donors (Lipinski definition) is 0. The van der Waals surface area contributed by atoms with Gasteiger partial charge in [0.15, 0.2) is 0 Å². The normalized spacial score (nSPS) is 10.2. The van der Waals surface area contributed by atoms with Gasteiger partial charge in [-0.2, -0.15) is 0 Å². The fraction of sp³-hybridized carbons (Fsp3) is 0.167. The van der Waals surface area contributed by atoms with Crippen molar-refractivity contribution in [1.82, 2.24) is 4.98 Å². The van der Waals surface area contributed by atoms with Crippen molar-refractivity contribution in [2.45, 2.75) is 6.42 Å². The molecule has 1 aromatic heterocycles. The van der Waals surface area contributed by atoms with E-state index in [1.54, 1.807) is 11.4 Å². The van der Waals surface area contributed by atoms with Crippen LogP contribution in [0.3, 0.4) is 0 Å². The van der Waals surface area contributed by atoms with E-state index in [4.69, 9.17) is 4.74 Å². The van der Waals surface area contributed by atoms with Gasteiger partial charge in [0.1, 0.15) is 22.9 Å². The first-order chi connectivity index (χ1) is 8.24. The van der Waals surface area contributed by atoms with Gasteiger partial charge < -0.3 is 9.53 Å². The fourth-order valence-electron chi connectivity index (χ4n) is 1.48. The third-order valence-electron chi connectivity index (χ3n) is 2.25. The summed E-state index contributed by atoms with van der Waals surface area (Å²) in [5.41, 5.74) is 1.23. The number of benzene rings is 1. The van der Waals surface area contributed by atoms with Crippen LogP contribution in [0, 0.1) is 5.82 Å². The van der Waals surface area contributed by atoms with Gasteiger partial charge in [0.05, 0.1) is 19.2 Å². The molecule has 5 heteroatoms. The Labute approximate surface area is 102 Å². The lowest BCUT2D eigenvalue weighted by atomic mass is 10.1. The summed E-state index contributed by atoms with van der Waals surface area (Å²) < 4.78 is 18.3. The Hall–Kier alpha value is -1.75. The van der Waals surface area contributed by atoms with Crippen LogP contribution in [0.5, 0.6) is 5.75 Å². The lowest BCUT2D eigenvalue weighted by Crippen LogP contribution is -1.90. The highest BCUT2D eigenvalue weighted by molar-refractivity contribution is 7.10. The zero-order valence-electron chi connectivity index (χ0n) is 9.14. The minimum Gasteiger partial charge on any atom is -0.496 e. The molecule has 0 aliphatic rings. The van der Waals surface area contributed by atoms with E-state index >= 15 is 0 Å². The highest BCUT2D eigenvalue weighted by atomic mass is 32.1. The Balaban J connectivity index is 2.43. The van der Waals surface area contributed by atoms with Crippen molar-refractivity contribution in [3.8, 4) is 17.0 Å². The average Bonchev–Trinajstić information content (AvgIpc) is 2.78. The molecule has 0 radical (unpaired) electrons. The van der Waals surface area contributed by atoms with Crippen LogP contribution in [0.4, 0.5) is 4.39 Å². The number of rotatable bonds is 4. The molecule has 0 spiro atoms. The van der Waals surface area contributed by atoms with E-state index in [2.05, 4.69) is 4.98 Å². The summed E-state index contributed by atoms with van der Waals surface area (Å²) in [4.78, 5) is 14.6. The lowest BCUT2D eigenvalue weighted by Gasteiger charge is -2.05. The second-order valence-corrected chi connectivity index (χ2v) is 4.28. The number of methoxy groups -OCH3 is 1. The minimum atomic E-state index is -0.342. The summed E-state index contributed by atoms with van der Waals surface area (Å²) in [6, 6.07) is 4.27. The molecular weight excluding hydrogens is 241 g/mol. The maximum Gasteiger partial charge on any atom is 0.128 e. The molecule has 1 heterocycles. The lowest BCUT2D eigenvalue weighted by molar-refractivity contribution is -0.107. The van der Waals surface area contributed by atoms with Crippen molar-refractivity contribution >= 4 is 17.6 Å². The largest absolute Gasteiger partial charge is 0.496 e. The van der Waals surface area contributed by atoms with Crippen LogP contribution in [0.15, 0.2) is 23.6 Å². The fourth-order valence-corrected chi connectivity index (χ4v) is 2.22. The second kappa shape index (κ2) is 5.05. The molecule has 2 rings (SSSR count). The van der Waals surface area contributed by atoms with Gasteiger partial charge in [-0.3, -0.25) is 0 Å². The molecule has 2 aromatic rings. The quantitative estimate of drug-likeness (QED) is 0.784. The predicted molar refractivity (Wildman–Crippen MR) is 63.8 cm³/mol. The van der Waals surface area contributed by atoms with Crippen molar-refractivity contribution in [3.05, 3.63) is 34.4 Å². The van der Waals surface area contributed by atoms with Crippen LogP contribution < -0.4 is 4.74 Å². The molecule has 0 N–H and O–H groups in total. The summed E-state index contributed by atoms with van der Waals surface area (Å²) in [5.74, 6) is 0.222. The highest BCUT2D eigenvalue weighted by Gasteiger charge is 2.10. The Morgan fingerprint density at radius 2 is 2.35 bits per heavy atom. The maximum atomic E-state index is 13.2. The van der Waals surface area contributed by atoms with Gasteiger partial charge in [-0.05, 0) is 18.2 Å². The molecule has 3 nitrogen and oxygen atoms in total. The molecule has 0 aliphatic heterocycles. The standard InChI is InChI=1S/C12H10FNO2S/c1-16-11-3-2-8(13)6-9(11)10-7-17-12(14-10)4-5-15/h2-3,5-7H,4H2,1H3. The summed E-state index contributed by atoms with van der Waals surface area (Å²) in [7, 11) is 1.52. The van der Waals surface area contributed by atoms with Crippen LogP contribution in [-0.2, 0) is 11.2 Å². The second-order valence-electron chi connectivity index (χ2n) is 3.34. The van der Waals surface area contributed by atoms with Gasteiger partial charge in [0, 0.05) is 10.9 Å². The van der Waals surface area contributed by atoms with Gasteiger partial charge in [0.2, 0.25) is 0 Å². The SMILES string of the molecule is COc1ccc(F)cc1-c1csc(CC=O)n1. The van der Waals surface area contributed by atoms with Gasteiger partial charge >= 0.3 is 0 Å².